The number of benzene rings is 2. The van der Waals surface area contributed by atoms with Crippen LogP contribution < -0.4 is 5.32 Å². The lowest BCUT2D eigenvalue weighted by molar-refractivity contribution is -0.120. The second kappa shape index (κ2) is 7.23. The van der Waals surface area contributed by atoms with Crippen LogP contribution in [0.5, 0.6) is 0 Å². The van der Waals surface area contributed by atoms with Crippen molar-refractivity contribution in [3.05, 3.63) is 54.6 Å². The van der Waals surface area contributed by atoms with Crippen LogP contribution in [-0.2, 0) is 4.79 Å². The number of carbonyl (C=O) groups is 1. The van der Waals surface area contributed by atoms with E-state index in [4.69, 9.17) is 0 Å². The zero-order valence-corrected chi connectivity index (χ0v) is 13.6. The molecule has 2 rings (SSSR count). The van der Waals surface area contributed by atoms with E-state index in [9.17, 15) is 4.79 Å². The number of fused-ring (bicyclic) bond motifs is 1. The van der Waals surface area contributed by atoms with Crippen molar-refractivity contribution in [2.24, 2.45) is 0 Å². The second-order valence-electron chi connectivity index (χ2n) is 5.71. The Morgan fingerprint density at radius 1 is 1.23 bits per heavy atom. The highest BCUT2D eigenvalue weighted by Gasteiger charge is 2.20. The molecule has 2 aromatic carbocycles. The third-order valence-corrected chi connectivity index (χ3v) is 3.85. The van der Waals surface area contributed by atoms with Gasteiger partial charge in [-0.25, -0.2) is 0 Å². The highest BCUT2D eigenvalue weighted by molar-refractivity contribution is 6.03. The van der Waals surface area contributed by atoms with E-state index in [0.29, 0.717) is 0 Å². The molecule has 3 nitrogen and oxygen atoms in total. The molecule has 1 unspecified atom stereocenters. The van der Waals surface area contributed by atoms with Gasteiger partial charge in [0.2, 0.25) is 5.91 Å². The van der Waals surface area contributed by atoms with E-state index in [2.05, 4.69) is 23.7 Å². The van der Waals surface area contributed by atoms with E-state index in [0.717, 1.165) is 35.1 Å². The predicted octanol–water partition coefficient (Wildman–Crippen LogP) is 4.06. The summed E-state index contributed by atoms with van der Waals surface area (Å²) in [5, 5.41) is 5.25. The van der Waals surface area contributed by atoms with Crippen LogP contribution in [0.15, 0.2) is 54.6 Å². The molecular weight excluding hydrogens is 272 g/mol. The van der Waals surface area contributed by atoms with Crippen molar-refractivity contribution in [2.75, 3.05) is 18.4 Å². The fraction of sp³-hybridized carbons (Fsp3) is 0.316. The molecule has 2 aromatic rings. The molecule has 1 atom stereocenters. The van der Waals surface area contributed by atoms with Gasteiger partial charge in [-0.15, -0.1) is 0 Å². The molecule has 0 aromatic heterocycles. The van der Waals surface area contributed by atoms with Gasteiger partial charge in [0.1, 0.15) is 0 Å². The summed E-state index contributed by atoms with van der Waals surface area (Å²) in [4.78, 5) is 14.7. The Morgan fingerprint density at radius 3 is 2.59 bits per heavy atom. The maximum absolute atomic E-state index is 12.6. The molecule has 0 fully saturated rings. The Labute approximate surface area is 132 Å². The van der Waals surface area contributed by atoms with Crippen LogP contribution >= 0.6 is 0 Å². The number of rotatable bonds is 6. The first-order valence-electron chi connectivity index (χ1n) is 7.70. The van der Waals surface area contributed by atoms with E-state index < -0.39 is 0 Å². The molecule has 0 saturated heterocycles. The van der Waals surface area contributed by atoms with Crippen LogP contribution in [0.25, 0.3) is 10.8 Å². The largest absolute Gasteiger partial charge is 0.324 e. The summed E-state index contributed by atoms with van der Waals surface area (Å²) >= 11 is 0. The number of nitrogens with zero attached hydrogens (tertiary/aromatic N) is 1. The molecule has 0 saturated carbocycles. The second-order valence-corrected chi connectivity index (χ2v) is 5.71. The molecule has 0 heterocycles. The first kappa shape index (κ1) is 16.2. The first-order valence-corrected chi connectivity index (χ1v) is 7.70. The SMILES string of the molecule is C=C(C)CN(CC)C(C)C(=O)Nc1cccc2ccccc12. The minimum absolute atomic E-state index is 0.0134. The van der Waals surface area contributed by atoms with Crippen molar-refractivity contribution in [3.63, 3.8) is 0 Å². The number of anilines is 1. The fourth-order valence-electron chi connectivity index (χ4n) is 2.61. The smallest absolute Gasteiger partial charge is 0.241 e. The monoisotopic (exact) mass is 296 g/mol. The van der Waals surface area contributed by atoms with Crippen LogP contribution in [0.1, 0.15) is 20.8 Å². The summed E-state index contributed by atoms with van der Waals surface area (Å²) in [6.45, 7) is 11.5. The summed E-state index contributed by atoms with van der Waals surface area (Å²) in [5.74, 6) is 0.0134. The van der Waals surface area contributed by atoms with Crippen molar-refractivity contribution in [1.29, 1.82) is 0 Å². The molecule has 0 radical (unpaired) electrons. The Morgan fingerprint density at radius 2 is 1.91 bits per heavy atom. The van der Waals surface area contributed by atoms with E-state index in [-0.39, 0.29) is 11.9 Å². The Bertz CT molecular complexity index is 673. The van der Waals surface area contributed by atoms with E-state index in [1.54, 1.807) is 0 Å². The summed E-state index contributed by atoms with van der Waals surface area (Å²) in [6.07, 6.45) is 0. The molecule has 0 spiro atoms. The van der Waals surface area contributed by atoms with Gasteiger partial charge in [0.25, 0.3) is 0 Å². The maximum Gasteiger partial charge on any atom is 0.241 e. The molecule has 1 amide bonds. The molecule has 3 heteroatoms. The van der Waals surface area contributed by atoms with Gasteiger partial charge in [0, 0.05) is 17.6 Å². The zero-order chi connectivity index (χ0) is 16.1. The molecule has 0 aliphatic carbocycles. The van der Waals surface area contributed by atoms with Gasteiger partial charge in [-0.3, -0.25) is 9.69 Å². The minimum atomic E-state index is -0.194. The summed E-state index contributed by atoms with van der Waals surface area (Å²) in [7, 11) is 0. The topological polar surface area (TPSA) is 32.3 Å². The summed E-state index contributed by atoms with van der Waals surface area (Å²) in [5.41, 5.74) is 1.92. The highest BCUT2D eigenvalue weighted by atomic mass is 16.2. The summed E-state index contributed by atoms with van der Waals surface area (Å²) < 4.78 is 0. The van der Waals surface area contributed by atoms with Gasteiger partial charge in [-0.1, -0.05) is 55.5 Å². The quantitative estimate of drug-likeness (QED) is 0.815. The third kappa shape index (κ3) is 3.74. The van der Waals surface area contributed by atoms with Crippen LogP contribution in [0, 0.1) is 0 Å². The van der Waals surface area contributed by atoms with Gasteiger partial charge in [0.15, 0.2) is 0 Å². The van der Waals surface area contributed by atoms with Gasteiger partial charge < -0.3 is 5.32 Å². The van der Waals surface area contributed by atoms with Gasteiger partial charge in [-0.2, -0.15) is 0 Å². The Kier molecular flexibility index (Phi) is 5.34. The van der Waals surface area contributed by atoms with E-state index in [1.165, 1.54) is 0 Å². The lowest BCUT2D eigenvalue weighted by Crippen LogP contribution is -2.42. The standard InChI is InChI=1S/C19H24N2O/c1-5-21(13-14(2)3)15(4)19(22)20-18-12-8-10-16-9-6-7-11-17(16)18/h6-12,15H,2,5,13H2,1,3-4H3,(H,20,22). The zero-order valence-electron chi connectivity index (χ0n) is 13.6. The van der Waals surface area contributed by atoms with E-state index in [1.807, 2.05) is 56.3 Å². The number of hydrogen-bond acceptors (Lipinski definition) is 2. The van der Waals surface area contributed by atoms with Crippen molar-refractivity contribution < 1.29 is 4.79 Å². The molecule has 0 bridgehead atoms. The molecule has 0 aliphatic rings. The number of nitrogens with one attached hydrogen (secondary N) is 1. The Hall–Kier alpha value is -2.13. The Balaban J connectivity index is 2.18. The van der Waals surface area contributed by atoms with Gasteiger partial charge in [-0.05, 0) is 31.8 Å². The van der Waals surface area contributed by atoms with Crippen molar-refractivity contribution in [2.45, 2.75) is 26.8 Å². The molecule has 116 valence electrons. The van der Waals surface area contributed by atoms with Crippen molar-refractivity contribution in [1.82, 2.24) is 4.90 Å². The van der Waals surface area contributed by atoms with Gasteiger partial charge in [0.05, 0.1) is 6.04 Å². The van der Waals surface area contributed by atoms with Crippen LogP contribution in [0.3, 0.4) is 0 Å². The molecule has 22 heavy (non-hydrogen) atoms. The lowest BCUT2D eigenvalue weighted by atomic mass is 10.1. The minimum Gasteiger partial charge on any atom is -0.324 e. The average Bonchev–Trinajstić information content (AvgIpc) is 2.52. The van der Waals surface area contributed by atoms with Gasteiger partial charge >= 0.3 is 0 Å². The number of hydrogen-bond donors (Lipinski definition) is 1. The van der Waals surface area contributed by atoms with E-state index >= 15 is 0 Å². The predicted molar refractivity (Wildman–Crippen MR) is 94.1 cm³/mol. The third-order valence-electron chi connectivity index (χ3n) is 3.85. The fourth-order valence-corrected chi connectivity index (χ4v) is 2.61. The molecular formula is C19H24N2O. The van der Waals surface area contributed by atoms with Crippen molar-refractivity contribution >= 4 is 22.4 Å². The average molecular weight is 296 g/mol. The number of amides is 1. The van der Waals surface area contributed by atoms with Crippen LogP contribution in [0.2, 0.25) is 0 Å². The van der Waals surface area contributed by atoms with Crippen LogP contribution in [-0.4, -0.2) is 29.9 Å². The maximum atomic E-state index is 12.6. The highest BCUT2D eigenvalue weighted by Crippen LogP contribution is 2.23. The van der Waals surface area contributed by atoms with Crippen LogP contribution in [0.4, 0.5) is 5.69 Å². The lowest BCUT2D eigenvalue weighted by Gasteiger charge is -2.27. The molecule has 0 aliphatic heterocycles. The van der Waals surface area contributed by atoms with Crippen molar-refractivity contribution in [3.8, 4) is 0 Å². The first-order chi connectivity index (χ1) is 10.5. The number of carbonyl (C=O) groups excluding carboxylic acids is 1. The molecule has 1 N–H and O–H groups in total. The number of likely N-dealkylation sites (N-methyl/N-ethyl adjacent to an activating group) is 1. The normalized spacial score (nSPS) is 12.4. The summed E-state index contributed by atoms with van der Waals surface area (Å²) in [6, 6.07) is 13.8.